The highest BCUT2D eigenvalue weighted by Gasteiger charge is 2.50. The van der Waals surface area contributed by atoms with Crippen LogP contribution in [0, 0.1) is 20.8 Å². The summed E-state index contributed by atoms with van der Waals surface area (Å²) in [6.45, 7) is 6.05. The standard InChI is InChI=1S/C23H20ClNO/c1-14-4-8-17(9-5-14)23(18-10-6-15(2)7-11-18)19-12-13-20(24)16(3)21(19)25-22(23)26/h4-13H,1-3H3,(H,25,26). The van der Waals surface area contributed by atoms with Gasteiger partial charge in [-0.2, -0.15) is 0 Å². The summed E-state index contributed by atoms with van der Waals surface area (Å²) in [7, 11) is 0. The number of amides is 1. The second-order valence-corrected chi connectivity index (χ2v) is 7.44. The lowest BCUT2D eigenvalue weighted by atomic mass is 9.70. The molecule has 0 aliphatic carbocycles. The second kappa shape index (κ2) is 6.00. The summed E-state index contributed by atoms with van der Waals surface area (Å²) in [6, 6.07) is 20.3. The number of fused-ring (bicyclic) bond motifs is 1. The molecule has 0 fully saturated rings. The van der Waals surface area contributed by atoms with E-state index in [4.69, 9.17) is 11.6 Å². The number of carbonyl (C=O) groups is 1. The first-order valence-electron chi connectivity index (χ1n) is 8.70. The van der Waals surface area contributed by atoms with E-state index in [0.29, 0.717) is 5.02 Å². The molecule has 2 nitrogen and oxygen atoms in total. The third kappa shape index (κ3) is 2.29. The van der Waals surface area contributed by atoms with Crippen molar-refractivity contribution in [3.63, 3.8) is 0 Å². The number of nitrogens with one attached hydrogen (secondary N) is 1. The molecule has 0 unspecified atom stereocenters. The first kappa shape index (κ1) is 16.9. The van der Waals surface area contributed by atoms with Crippen molar-refractivity contribution in [3.8, 4) is 0 Å². The van der Waals surface area contributed by atoms with Crippen LogP contribution in [0.3, 0.4) is 0 Å². The minimum Gasteiger partial charge on any atom is -0.324 e. The normalized spacial score (nSPS) is 14.8. The van der Waals surface area contributed by atoms with Crippen LogP contribution in [0.4, 0.5) is 5.69 Å². The zero-order valence-electron chi connectivity index (χ0n) is 15.1. The molecule has 0 saturated carbocycles. The quantitative estimate of drug-likeness (QED) is 0.636. The van der Waals surface area contributed by atoms with Crippen LogP contribution < -0.4 is 5.32 Å². The van der Waals surface area contributed by atoms with Crippen molar-refractivity contribution in [1.29, 1.82) is 0 Å². The van der Waals surface area contributed by atoms with E-state index < -0.39 is 5.41 Å². The van der Waals surface area contributed by atoms with Crippen LogP contribution >= 0.6 is 11.6 Å². The van der Waals surface area contributed by atoms with E-state index in [1.165, 1.54) is 11.1 Å². The Morgan fingerprint density at radius 1 is 0.769 bits per heavy atom. The monoisotopic (exact) mass is 361 g/mol. The lowest BCUT2D eigenvalue weighted by molar-refractivity contribution is -0.118. The number of hydrogen-bond donors (Lipinski definition) is 1. The van der Waals surface area contributed by atoms with E-state index in [1.54, 1.807) is 0 Å². The maximum atomic E-state index is 13.4. The van der Waals surface area contributed by atoms with E-state index in [0.717, 1.165) is 27.9 Å². The summed E-state index contributed by atoms with van der Waals surface area (Å²) in [5, 5.41) is 3.76. The van der Waals surface area contributed by atoms with Gasteiger partial charge in [-0.1, -0.05) is 77.3 Å². The van der Waals surface area contributed by atoms with Gasteiger partial charge in [0.15, 0.2) is 0 Å². The molecular weight excluding hydrogens is 342 g/mol. The Hall–Kier alpha value is -2.58. The van der Waals surface area contributed by atoms with Gasteiger partial charge in [-0.25, -0.2) is 0 Å². The van der Waals surface area contributed by atoms with Gasteiger partial charge >= 0.3 is 0 Å². The molecule has 1 N–H and O–H groups in total. The Kier molecular flexibility index (Phi) is 3.89. The maximum Gasteiger partial charge on any atom is 0.244 e. The number of rotatable bonds is 2. The number of carbonyl (C=O) groups excluding carboxylic acids is 1. The van der Waals surface area contributed by atoms with Gasteiger partial charge in [-0.15, -0.1) is 0 Å². The average molecular weight is 362 g/mol. The molecule has 0 aromatic heterocycles. The molecule has 1 aliphatic rings. The Bertz CT molecular complexity index is 958. The summed E-state index contributed by atoms with van der Waals surface area (Å²) < 4.78 is 0. The van der Waals surface area contributed by atoms with E-state index in [9.17, 15) is 4.79 Å². The fourth-order valence-electron chi connectivity index (χ4n) is 3.84. The third-order valence-corrected chi connectivity index (χ3v) is 5.76. The smallest absolute Gasteiger partial charge is 0.244 e. The summed E-state index contributed by atoms with van der Waals surface area (Å²) in [5.74, 6) is -0.0365. The van der Waals surface area contributed by atoms with Gasteiger partial charge in [-0.3, -0.25) is 4.79 Å². The lowest BCUT2D eigenvalue weighted by Gasteiger charge is -2.29. The van der Waals surface area contributed by atoms with E-state index in [-0.39, 0.29) is 5.91 Å². The van der Waals surface area contributed by atoms with Crippen LogP contribution in [-0.4, -0.2) is 5.91 Å². The molecule has 26 heavy (non-hydrogen) atoms. The molecule has 3 aromatic rings. The summed E-state index contributed by atoms with van der Waals surface area (Å²) in [5.41, 5.74) is 6.07. The van der Waals surface area contributed by atoms with Crippen molar-refractivity contribution in [2.45, 2.75) is 26.2 Å². The molecule has 0 radical (unpaired) electrons. The third-order valence-electron chi connectivity index (χ3n) is 5.35. The topological polar surface area (TPSA) is 29.1 Å². The van der Waals surface area contributed by atoms with Gasteiger partial charge in [0.1, 0.15) is 5.41 Å². The highest BCUT2D eigenvalue weighted by molar-refractivity contribution is 6.32. The first-order valence-corrected chi connectivity index (χ1v) is 9.07. The van der Waals surface area contributed by atoms with Crippen LogP contribution in [0.15, 0.2) is 60.7 Å². The van der Waals surface area contributed by atoms with Gasteiger partial charge < -0.3 is 5.32 Å². The number of aryl methyl sites for hydroxylation is 2. The van der Waals surface area contributed by atoms with Crippen LogP contribution in [0.2, 0.25) is 5.02 Å². The molecule has 0 bridgehead atoms. The Morgan fingerprint density at radius 2 is 1.27 bits per heavy atom. The molecule has 0 atom stereocenters. The number of hydrogen-bond acceptors (Lipinski definition) is 1. The summed E-state index contributed by atoms with van der Waals surface area (Å²) >= 11 is 6.32. The summed E-state index contributed by atoms with van der Waals surface area (Å²) in [6.07, 6.45) is 0. The molecule has 3 aromatic carbocycles. The maximum absolute atomic E-state index is 13.4. The Labute approximate surface area is 158 Å². The second-order valence-electron chi connectivity index (χ2n) is 7.03. The van der Waals surface area contributed by atoms with Crippen molar-refractivity contribution in [1.82, 2.24) is 0 Å². The number of halogens is 1. The van der Waals surface area contributed by atoms with Crippen LogP contribution in [0.25, 0.3) is 0 Å². The van der Waals surface area contributed by atoms with E-state index in [1.807, 2.05) is 43.3 Å². The van der Waals surface area contributed by atoms with Crippen molar-refractivity contribution in [2.24, 2.45) is 0 Å². The molecule has 3 heteroatoms. The average Bonchev–Trinajstić information content (AvgIpc) is 2.93. The molecule has 0 saturated heterocycles. The predicted molar refractivity (Wildman–Crippen MR) is 107 cm³/mol. The van der Waals surface area contributed by atoms with Gasteiger partial charge in [0.25, 0.3) is 0 Å². The summed E-state index contributed by atoms with van der Waals surface area (Å²) in [4.78, 5) is 13.4. The van der Waals surface area contributed by atoms with Crippen LogP contribution in [-0.2, 0) is 10.2 Å². The van der Waals surface area contributed by atoms with Crippen LogP contribution in [0.1, 0.15) is 33.4 Å². The molecule has 4 rings (SSSR count). The number of benzene rings is 3. The molecule has 1 heterocycles. The van der Waals surface area contributed by atoms with Crippen molar-refractivity contribution in [3.05, 3.63) is 99.1 Å². The SMILES string of the molecule is Cc1ccc(C2(c3ccc(C)cc3)C(=O)Nc3c2ccc(Cl)c3C)cc1. The van der Waals surface area contributed by atoms with E-state index in [2.05, 4.69) is 43.4 Å². The highest BCUT2D eigenvalue weighted by Crippen LogP contribution is 2.49. The lowest BCUT2D eigenvalue weighted by Crippen LogP contribution is -2.37. The number of anilines is 1. The van der Waals surface area contributed by atoms with Gasteiger partial charge in [-0.05, 0) is 43.5 Å². The van der Waals surface area contributed by atoms with Crippen molar-refractivity contribution >= 4 is 23.2 Å². The zero-order valence-corrected chi connectivity index (χ0v) is 15.8. The fourth-order valence-corrected chi connectivity index (χ4v) is 3.99. The molecular formula is C23H20ClNO. The molecule has 1 amide bonds. The minimum atomic E-state index is -0.869. The minimum absolute atomic E-state index is 0.0365. The Balaban J connectivity index is 2.08. The molecule has 1 aliphatic heterocycles. The van der Waals surface area contributed by atoms with Crippen molar-refractivity contribution in [2.75, 3.05) is 5.32 Å². The predicted octanol–water partition coefficient (Wildman–Crippen LogP) is 5.55. The van der Waals surface area contributed by atoms with Crippen molar-refractivity contribution < 1.29 is 4.79 Å². The van der Waals surface area contributed by atoms with Gasteiger partial charge in [0.05, 0.1) is 5.69 Å². The molecule has 130 valence electrons. The highest BCUT2D eigenvalue weighted by atomic mass is 35.5. The van der Waals surface area contributed by atoms with Crippen LogP contribution in [0.5, 0.6) is 0 Å². The fraction of sp³-hybridized carbons (Fsp3) is 0.174. The van der Waals surface area contributed by atoms with Gasteiger partial charge in [0.2, 0.25) is 5.91 Å². The largest absolute Gasteiger partial charge is 0.324 e. The first-order chi connectivity index (χ1) is 12.4. The zero-order chi connectivity index (χ0) is 18.5. The van der Waals surface area contributed by atoms with E-state index >= 15 is 0 Å². The van der Waals surface area contributed by atoms with Gasteiger partial charge in [0, 0.05) is 10.6 Å². The Morgan fingerprint density at radius 3 is 1.77 bits per heavy atom. The molecule has 0 spiro atoms.